The zero-order chi connectivity index (χ0) is 19.4. The SMILES string of the molecule is COc1ccc(N2C(=O)[C@H]3[C@H](c4cccs4)c4sc(=O)[nH]c4S[C@H]3C2=O)cc1. The number of aromatic nitrogens is 1. The molecule has 2 amide bonds. The number of H-pyrrole nitrogens is 1. The van der Waals surface area contributed by atoms with Crippen LogP contribution in [0, 0.1) is 5.92 Å². The second-order valence-corrected chi connectivity index (χ2v) is 9.62. The first kappa shape index (κ1) is 17.7. The van der Waals surface area contributed by atoms with Crippen LogP contribution < -0.4 is 14.5 Å². The largest absolute Gasteiger partial charge is 0.497 e. The molecule has 0 saturated carbocycles. The van der Waals surface area contributed by atoms with Gasteiger partial charge in [-0.3, -0.25) is 14.4 Å². The molecule has 2 aromatic heterocycles. The molecule has 0 bridgehead atoms. The van der Waals surface area contributed by atoms with E-state index >= 15 is 0 Å². The Hall–Kier alpha value is -2.36. The molecule has 3 aromatic rings. The van der Waals surface area contributed by atoms with Gasteiger partial charge in [-0.25, -0.2) is 4.90 Å². The predicted molar refractivity (Wildman–Crippen MR) is 110 cm³/mol. The first-order valence-electron chi connectivity index (χ1n) is 8.53. The van der Waals surface area contributed by atoms with Gasteiger partial charge in [-0.1, -0.05) is 29.2 Å². The molecule has 0 spiro atoms. The minimum absolute atomic E-state index is 0.161. The maximum absolute atomic E-state index is 13.4. The molecule has 3 atom stereocenters. The minimum atomic E-state index is -0.556. The van der Waals surface area contributed by atoms with Crippen molar-refractivity contribution in [3.63, 3.8) is 0 Å². The molecule has 1 saturated heterocycles. The number of carbonyl (C=O) groups is 2. The fraction of sp³-hybridized carbons (Fsp3) is 0.211. The van der Waals surface area contributed by atoms with Crippen LogP contribution in [-0.4, -0.2) is 29.2 Å². The molecule has 6 nitrogen and oxygen atoms in total. The van der Waals surface area contributed by atoms with Crippen molar-refractivity contribution in [3.05, 3.63) is 61.2 Å². The average molecular weight is 431 g/mol. The molecule has 1 aromatic carbocycles. The minimum Gasteiger partial charge on any atom is -0.497 e. The highest BCUT2D eigenvalue weighted by molar-refractivity contribution is 8.00. The summed E-state index contributed by atoms with van der Waals surface area (Å²) < 4.78 is 5.17. The van der Waals surface area contributed by atoms with Crippen LogP contribution in [0.2, 0.25) is 0 Å². The number of hydrogen-bond donors (Lipinski definition) is 1. The van der Waals surface area contributed by atoms with Crippen LogP contribution in [0.15, 0.2) is 51.6 Å². The van der Waals surface area contributed by atoms with Crippen LogP contribution in [-0.2, 0) is 9.59 Å². The van der Waals surface area contributed by atoms with E-state index in [-0.39, 0.29) is 22.6 Å². The number of hydrogen-bond acceptors (Lipinski definition) is 7. The van der Waals surface area contributed by atoms with Gasteiger partial charge in [0.05, 0.1) is 23.7 Å². The number of fused-ring (bicyclic) bond motifs is 2. The Labute approximate surface area is 172 Å². The molecule has 1 fully saturated rings. The molecule has 5 rings (SSSR count). The average Bonchev–Trinajstić information content (AvgIpc) is 3.40. The van der Waals surface area contributed by atoms with Crippen LogP contribution in [0.1, 0.15) is 15.7 Å². The van der Waals surface area contributed by atoms with E-state index in [1.54, 1.807) is 31.4 Å². The normalized spacial score (nSPS) is 23.6. The van der Waals surface area contributed by atoms with Gasteiger partial charge in [0.2, 0.25) is 11.8 Å². The number of thioether (sulfide) groups is 1. The van der Waals surface area contributed by atoms with Crippen LogP contribution in [0.3, 0.4) is 0 Å². The van der Waals surface area contributed by atoms with Gasteiger partial charge in [0.25, 0.3) is 0 Å². The van der Waals surface area contributed by atoms with Crippen LogP contribution in [0.25, 0.3) is 0 Å². The van der Waals surface area contributed by atoms with Gasteiger partial charge in [-0.05, 0) is 35.7 Å². The van der Waals surface area contributed by atoms with Crippen molar-refractivity contribution >= 4 is 51.9 Å². The zero-order valence-corrected chi connectivity index (χ0v) is 17.0. The number of nitrogens with zero attached hydrogens (tertiary/aromatic N) is 1. The number of carbonyl (C=O) groups excluding carboxylic acids is 2. The van der Waals surface area contributed by atoms with Crippen molar-refractivity contribution in [2.75, 3.05) is 12.0 Å². The Kier molecular flexibility index (Phi) is 4.18. The van der Waals surface area contributed by atoms with E-state index in [9.17, 15) is 14.4 Å². The number of anilines is 1. The number of nitrogens with one attached hydrogen (secondary N) is 1. The van der Waals surface area contributed by atoms with Crippen molar-refractivity contribution in [3.8, 4) is 5.75 Å². The van der Waals surface area contributed by atoms with Crippen LogP contribution in [0.5, 0.6) is 5.75 Å². The smallest absolute Gasteiger partial charge is 0.305 e. The predicted octanol–water partition coefficient (Wildman–Crippen LogP) is 3.30. The zero-order valence-electron chi connectivity index (χ0n) is 14.6. The second-order valence-electron chi connectivity index (χ2n) is 6.48. The summed E-state index contributed by atoms with van der Waals surface area (Å²) in [5.41, 5.74) is 0.535. The topological polar surface area (TPSA) is 79.5 Å². The first-order valence-corrected chi connectivity index (χ1v) is 11.1. The highest BCUT2D eigenvalue weighted by Crippen LogP contribution is 2.53. The Morgan fingerprint density at radius 3 is 2.54 bits per heavy atom. The number of imide groups is 1. The number of rotatable bonds is 3. The Bertz CT molecular complexity index is 1120. The fourth-order valence-corrected chi connectivity index (χ4v) is 7.24. The summed E-state index contributed by atoms with van der Waals surface area (Å²) >= 11 is 3.96. The van der Waals surface area contributed by atoms with E-state index in [1.165, 1.54) is 28.0 Å². The Balaban J connectivity index is 1.61. The number of benzene rings is 1. The van der Waals surface area contributed by atoms with E-state index < -0.39 is 11.2 Å². The van der Waals surface area contributed by atoms with Crippen molar-refractivity contribution in [2.45, 2.75) is 16.2 Å². The fourth-order valence-electron chi connectivity index (χ4n) is 3.78. The van der Waals surface area contributed by atoms with Gasteiger partial charge < -0.3 is 9.72 Å². The van der Waals surface area contributed by atoms with Crippen molar-refractivity contribution in [1.29, 1.82) is 0 Å². The number of thiazole rings is 1. The molecule has 28 heavy (non-hydrogen) atoms. The summed E-state index contributed by atoms with van der Waals surface area (Å²) in [6.45, 7) is 0. The second kappa shape index (κ2) is 6.61. The quantitative estimate of drug-likeness (QED) is 0.645. The maximum atomic E-state index is 13.4. The molecule has 4 heterocycles. The van der Waals surface area contributed by atoms with Gasteiger partial charge >= 0.3 is 4.87 Å². The lowest BCUT2D eigenvalue weighted by atomic mass is 9.87. The van der Waals surface area contributed by atoms with Gasteiger partial charge in [0, 0.05) is 15.7 Å². The monoisotopic (exact) mass is 430 g/mol. The molecular weight excluding hydrogens is 416 g/mol. The lowest BCUT2D eigenvalue weighted by Gasteiger charge is -2.28. The first-order chi connectivity index (χ1) is 13.6. The summed E-state index contributed by atoms with van der Waals surface area (Å²) in [6, 6.07) is 10.8. The van der Waals surface area contributed by atoms with Crippen molar-refractivity contribution in [2.24, 2.45) is 5.92 Å². The third kappa shape index (κ3) is 2.57. The molecule has 0 unspecified atom stereocenters. The molecule has 2 aliphatic rings. The lowest BCUT2D eigenvalue weighted by Crippen LogP contribution is -2.32. The summed E-state index contributed by atoms with van der Waals surface area (Å²) in [6.07, 6.45) is 0. The Morgan fingerprint density at radius 2 is 1.86 bits per heavy atom. The summed E-state index contributed by atoms with van der Waals surface area (Å²) in [7, 11) is 1.57. The van der Waals surface area contributed by atoms with Crippen molar-refractivity contribution < 1.29 is 14.3 Å². The van der Waals surface area contributed by atoms with Crippen LogP contribution >= 0.6 is 34.4 Å². The molecular formula is C19H14N2O4S3. The van der Waals surface area contributed by atoms with E-state index in [0.29, 0.717) is 16.5 Å². The number of amides is 2. The number of aromatic amines is 1. The summed E-state index contributed by atoms with van der Waals surface area (Å²) in [4.78, 5) is 44.4. The summed E-state index contributed by atoms with van der Waals surface area (Å²) in [5.74, 6) is -0.630. The van der Waals surface area contributed by atoms with Crippen LogP contribution in [0.4, 0.5) is 5.69 Å². The molecule has 2 aliphatic heterocycles. The van der Waals surface area contributed by atoms with E-state index in [0.717, 1.165) is 21.1 Å². The van der Waals surface area contributed by atoms with Gasteiger partial charge in [-0.15, -0.1) is 11.3 Å². The molecule has 1 N–H and O–H groups in total. The number of thiophene rings is 1. The summed E-state index contributed by atoms with van der Waals surface area (Å²) in [5, 5.41) is 2.09. The van der Waals surface area contributed by atoms with E-state index in [4.69, 9.17) is 4.74 Å². The van der Waals surface area contributed by atoms with Crippen molar-refractivity contribution in [1.82, 2.24) is 4.98 Å². The third-order valence-electron chi connectivity index (χ3n) is 5.00. The van der Waals surface area contributed by atoms with Gasteiger partial charge in [0.15, 0.2) is 0 Å². The molecule has 0 aliphatic carbocycles. The molecule has 0 radical (unpaired) electrons. The third-order valence-corrected chi connectivity index (χ3v) is 8.36. The maximum Gasteiger partial charge on any atom is 0.305 e. The van der Waals surface area contributed by atoms with Gasteiger partial charge in [-0.2, -0.15) is 0 Å². The highest BCUT2D eigenvalue weighted by Gasteiger charge is 2.56. The molecule has 142 valence electrons. The number of methoxy groups -OCH3 is 1. The molecule has 9 heteroatoms. The van der Waals surface area contributed by atoms with E-state index in [1.807, 2.05) is 17.5 Å². The van der Waals surface area contributed by atoms with E-state index in [2.05, 4.69) is 4.98 Å². The lowest BCUT2D eigenvalue weighted by molar-refractivity contribution is -0.122. The highest BCUT2D eigenvalue weighted by atomic mass is 32.2. The van der Waals surface area contributed by atoms with Gasteiger partial charge in [0.1, 0.15) is 11.0 Å². The standard InChI is InChI=1S/C19H14N2O4S3/c1-25-10-6-4-9(5-7-10)21-17(22)13-12(11-3-2-8-26-11)14-16(20-19(24)28-14)27-15(13)18(21)23/h2-8,12-13,15H,1H3,(H,20,24)/t12-,13-,15+/m0/s1. The number of ether oxygens (including phenoxy) is 1. The Morgan fingerprint density at radius 1 is 1.07 bits per heavy atom.